The number of hydrogen-bond acceptors (Lipinski definition) is 7. The molecule has 28 heavy (non-hydrogen) atoms. The van der Waals surface area contributed by atoms with E-state index < -0.39 is 10.0 Å². The number of piperidine rings is 1. The lowest BCUT2D eigenvalue weighted by molar-refractivity contribution is 0.101. The van der Waals surface area contributed by atoms with E-state index in [0.29, 0.717) is 17.6 Å². The van der Waals surface area contributed by atoms with E-state index in [1.807, 2.05) is 18.2 Å². The second-order valence-corrected chi connectivity index (χ2v) is 9.28. The molecule has 1 fully saturated rings. The first-order valence-electron chi connectivity index (χ1n) is 9.17. The van der Waals surface area contributed by atoms with Crippen molar-refractivity contribution in [2.45, 2.75) is 23.9 Å². The lowest BCUT2D eigenvalue weighted by atomic mass is 9.93. The van der Waals surface area contributed by atoms with Crippen molar-refractivity contribution in [3.8, 4) is 0 Å². The minimum atomic E-state index is -3.78. The summed E-state index contributed by atoms with van der Waals surface area (Å²) >= 11 is 0.995. The molecule has 1 saturated heterocycles. The summed E-state index contributed by atoms with van der Waals surface area (Å²) in [6.07, 6.45) is 0.735. The number of nitrogens with zero attached hydrogens (tertiary/aromatic N) is 3. The molecule has 0 unspecified atom stereocenters. The summed E-state index contributed by atoms with van der Waals surface area (Å²) in [7, 11) is -3.78. The number of sulfonamides is 1. The largest absolute Gasteiger partial charge is 0.396 e. The highest BCUT2D eigenvalue weighted by Crippen LogP contribution is 2.24. The van der Waals surface area contributed by atoms with Crippen LogP contribution in [0.15, 0.2) is 53.4 Å². The fourth-order valence-electron chi connectivity index (χ4n) is 3.67. The Bertz CT molecular complexity index is 1040. The van der Waals surface area contributed by atoms with Crippen molar-refractivity contribution in [2.24, 2.45) is 5.92 Å². The molecule has 1 aromatic heterocycles. The maximum atomic E-state index is 13.1. The molecule has 2 atom stereocenters. The third kappa shape index (κ3) is 4.08. The van der Waals surface area contributed by atoms with Gasteiger partial charge in [0.2, 0.25) is 10.0 Å². The molecule has 2 heterocycles. The predicted octanol–water partition coefficient (Wildman–Crippen LogP) is 1.85. The van der Waals surface area contributed by atoms with E-state index in [0.717, 1.165) is 31.2 Å². The van der Waals surface area contributed by atoms with Crippen LogP contribution in [0.5, 0.6) is 0 Å². The number of likely N-dealkylation sites (tertiary alicyclic amines) is 1. The van der Waals surface area contributed by atoms with Gasteiger partial charge in [-0.1, -0.05) is 36.4 Å². The summed E-state index contributed by atoms with van der Waals surface area (Å²) < 4.78 is 37.2. The van der Waals surface area contributed by atoms with Gasteiger partial charge < -0.3 is 5.11 Å². The van der Waals surface area contributed by atoms with Gasteiger partial charge in [0.15, 0.2) is 0 Å². The van der Waals surface area contributed by atoms with Crippen molar-refractivity contribution in [3.63, 3.8) is 0 Å². The molecule has 9 heteroatoms. The lowest BCUT2D eigenvalue weighted by Gasteiger charge is -2.38. The van der Waals surface area contributed by atoms with Crippen LogP contribution in [-0.2, 0) is 16.6 Å². The first-order valence-corrected chi connectivity index (χ1v) is 11.4. The van der Waals surface area contributed by atoms with Gasteiger partial charge in [-0.15, -0.1) is 0 Å². The number of aromatic nitrogens is 2. The lowest BCUT2D eigenvalue weighted by Crippen LogP contribution is -2.53. The Morgan fingerprint density at radius 2 is 1.96 bits per heavy atom. The summed E-state index contributed by atoms with van der Waals surface area (Å²) in [5.41, 5.74) is 2.14. The molecular formula is C19H22N4O3S2. The fraction of sp³-hybridized carbons (Fsp3) is 0.368. The highest BCUT2D eigenvalue weighted by Gasteiger charge is 2.33. The molecule has 0 amide bonds. The number of aliphatic hydroxyl groups excluding tert-OH is 1. The number of fused-ring (bicyclic) bond motifs is 1. The van der Waals surface area contributed by atoms with Gasteiger partial charge in [-0.3, -0.25) is 4.90 Å². The van der Waals surface area contributed by atoms with E-state index in [1.54, 1.807) is 18.2 Å². The molecule has 4 rings (SSSR count). The van der Waals surface area contributed by atoms with Crippen LogP contribution in [0.2, 0.25) is 0 Å². The van der Waals surface area contributed by atoms with Crippen LogP contribution in [0, 0.1) is 5.92 Å². The molecule has 1 aliphatic rings. The van der Waals surface area contributed by atoms with Crippen molar-refractivity contribution < 1.29 is 13.5 Å². The minimum absolute atomic E-state index is 0.0468. The highest BCUT2D eigenvalue weighted by molar-refractivity contribution is 7.89. The first-order chi connectivity index (χ1) is 13.6. The van der Waals surface area contributed by atoms with E-state index in [1.165, 1.54) is 5.56 Å². The summed E-state index contributed by atoms with van der Waals surface area (Å²) in [6.45, 7) is 2.08. The Labute approximate surface area is 168 Å². The first kappa shape index (κ1) is 19.4. The Balaban J connectivity index is 1.54. The average Bonchev–Trinajstić information content (AvgIpc) is 3.17. The Kier molecular flexibility index (Phi) is 5.70. The normalized spacial score (nSPS) is 21.2. The molecule has 0 radical (unpaired) electrons. The minimum Gasteiger partial charge on any atom is -0.396 e. The van der Waals surface area contributed by atoms with Gasteiger partial charge in [0.05, 0.1) is 11.7 Å². The fourth-order valence-corrected chi connectivity index (χ4v) is 5.73. The van der Waals surface area contributed by atoms with Crippen LogP contribution in [0.3, 0.4) is 0 Å². The van der Waals surface area contributed by atoms with E-state index >= 15 is 0 Å². The number of benzene rings is 2. The SMILES string of the molecule is O=S(=O)(N[C@H]1CN(Cc2ccccc2)CC[C@H]1CO)c1cccc2nsnc12. The average molecular weight is 419 g/mol. The topological polar surface area (TPSA) is 95.4 Å². The van der Waals surface area contributed by atoms with Gasteiger partial charge in [0, 0.05) is 31.7 Å². The molecule has 148 valence electrons. The summed E-state index contributed by atoms with van der Waals surface area (Å²) in [6, 6.07) is 14.7. The van der Waals surface area contributed by atoms with Crippen molar-refractivity contribution >= 4 is 32.8 Å². The number of rotatable bonds is 6. The van der Waals surface area contributed by atoms with Gasteiger partial charge in [-0.2, -0.15) is 8.75 Å². The van der Waals surface area contributed by atoms with E-state index in [4.69, 9.17) is 0 Å². The second kappa shape index (κ2) is 8.22. The summed E-state index contributed by atoms with van der Waals surface area (Å²) in [5, 5.41) is 9.77. The number of nitrogens with one attached hydrogen (secondary N) is 1. The maximum absolute atomic E-state index is 13.1. The van der Waals surface area contributed by atoms with Crippen LogP contribution in [0.4, 0.5) is 0 Å². The van der Waals surface area contributed by atoms with Crippen molar-refractivity contribution in [1.82, 2.24) is 18.4 Å². The predicted molar refractivity (Wildman–Crippen MR) is 108 cm³/mol. The maximum Gasteiger partial charge on any atom is 0.243 e. The van der Waals surface area contributed by atoms with Crippen LogP contribution in [0.1, 0.15) is 12.0 Å². The smallest absolute Gasteiger partial charge is 0.243 e. The van der Waals surface area contributed by atoms with Gasteiger partial charge >= 0.3 is 0 Å². The van der Waals surface area contributed by atoms with E-state index in [-0.39, 0.29) is 23.5 Å². The number of hydrogen-bond donors (Lipinski definition) is 2. The zero-order valence-electron chi connectivity index (χ0n) is 15.2. The van der Waals surface area contributed by atoms with Crippen molar-refractivity contribution in [2.75, 3.05) is 19.7 Å². The summed E-state index contributed by atoms with van der Waals surface area (Å²) in [4.78, 5) is 2.36. The Morgan fingerprint density at radius 1 is 1.14 bits per heavy atom. The van der Waals surface area contributed by atoms with Crippen molar-refractivity contribution in [3.05, 3.63) is 54.1 Å². The van der Waals surface area contributed by atoms with Crippen LogP contribution in [0.25, 0.3) is 11.0 Å². The quantitative estimate of drug-likeness (QED) is 0.634. The van der Waals surface area contributed by atoms with Crippen LogP contribution >= 0.6 is 11.7 Å². The van der Waals surface area contributed by atoms with Crippen LogP contribution < -0.4 is 4.72 Å². The molecule has 0 saturated carbocycles. The third-order valence-corrected chi connectivity index (χ3v) is 7.23. The monoisotopic (exact) mass is 418 g/mol. The van der Waals surface area contributed by atoms with Gasteiger partial charge in [0.25, 0.3) is 0 Å². The number of aliphatic hydroxyl groups is 1. The molecule has 2 aromatic carbocycles. The zero-order valence-corrected chi connectivity index (χ0v) is 16.9. The standard InChI is InChI=1S/C19H22N4O3S2/c24-13-15-9-10-23(11-14-5-2-1-3-6-14)12-17(15)22-28(25,26)18-8-4-7-16-19(18)21-27-20-16/h1-8,15,17,22,24H,9-13H2/t15-,17-/m0/s1. The van der Waals surface area contributed by atoms with E-state index in [2.05, 4.69) is 30.5 Å². The Hall–Kier alpha value is -1.91. The van der Waals surface area contributed by atoms with Gasteiger partial charge in [0.1, 0.15) is 15.9 Å². The molecule has 0 aliphatic carbocycles. The highest BCUT2D eigenvalue weighted by atomic mass is 32.2. The molecule has 0 bridgehead atoms. The summed E-state index contributed by atoms with van der Waals surface area (Å²) in [5.74, 6) is -0.116. The van der Waals surface area contributed by atoms with Gasteiger partial charge in [-0.05, 0) is 30.7 Å². The molecule has 2 N–H and O–H groups in total. The van der Waals surface area contributed by atoms with Crippen LogP contribution in [-0.4, -0.2) is 52.9 Å². The second-order valence-electron chi connectivity index (χ2n) is 7.07. The Morgan fingerprint density at radius 3 is 2.75 bits per heavy atom. The third-order valence-electron chi connectivity index (χ3n) is 5.17. The molecule has 0 spiro atoms. The molecule has 3 aromatic rings. The molecular weight excluding hydrogens is 396 g/mol. The van der Waals surface area contributed by atoms with Crippen molar-refractivity contribution in [1.29, 1.82) is 0 Å². The van der Waals surface area contributed by atoms with Gasteiger partial charge in [-0.25, -0.2) is 13.1 Å². The zero-order chi connectivity index (χ0) is 19.6. The molecule has 1 aliphatic heterocycles. The molecule has 7 nitrogen and oxygen atoms in total. The van der Waals surface area contributed by atoms with E-state index in [9.17, 15) is 13.5 Å².